The van der Waals surface area contributed by atoms with E-state index < -0.39 is 14.2 Å². The van der Waals surface area contributed by atoms with Gasteiger partial charge in [0.25, 0.3) is 0 Å². The summed E-state index contributed by atoms with van der Waals surface area (Å²) in [5.41, 5.74) is 0.477. The fourth-order valence-corrected chi connectivity index (χ4v) is 1.23. The van der Waals surface area contributed by atoms with E-state index in [1.165, 1.54) is 24.3 Å². The van der Waals surface area contributed by atoms with Gasteiger partial charge in [-0.3, -0.25) is 0 Å². The summed E-state index contributed by atoms with van der Waals surface area (Å²) in [5.74, 6) is -1.39. The van der Waals surface area contributed by atoms with Crippen molar-refractivity contribution >= 4 is 20.3 Å². The van der Waals surface area contributed by atoms with E-state index >= 15 is 0 Å². The summed E-state index contributed by atoms with van der Waals surface area (Å²) in [4.78, 5) is 11.1. The van der Waals surface area contributed by atoms with Crippen LogP contribution in [-0.2, 0) is 18.4 Å². The maximum absolute atomic E-state index is 11.1. The molecule has 1 unspecified atom stereocenters. The number of carbonyl (C=O) groups is 1. The number of phenols is 2. The monoisotopic (exact) mass is 257 g/mol. The molecule has 0 saturated carbocycles. The molecule has 1 atom stereocenters. The molecule has 0 amide bonds. The number of phenolic OH excluding ortho intramolecular Hbond substituents is 2. The Balaban J connectivity index is 2.67. The van der Waals surface area contributed by atoms with Crippen molar-refractivity contribution < 1.29 is 28.6 Å². The lowest BCUT2D eigenvalue weighted by Gasteiger charge is -1.97. The van der Waals surface area contributed by atoms with Crippen LogP contribution in [0.15, 0.2) is 24.3 Å². The van der Waals surface area contributed by atoms with Gasteiger partial charge < -0.3 is 10.2 Å². The second kappa shape index (κ2) is 5.98. The highest BCUT2D eigenvalue weighted by molar-refractivity contribution is 7.34. The van der Waals surface area contributed by atoms with Crippen molar-refractivity contribution in [1.29, 1.82) is 0 Å². The van der Waals surface area contributed by atoms with Crippen LogP contribution in [0.3, 0.4) is 0 Å². The molecule has 0 aromatic heterocycles. The minimum absolute atomic E-state index is 0.257. The Hall–Kier alpha value is -1.91. The van der Waals surface area contributed by atoms with Gasteiger partial charge in [-0.2, -0.15) is 4.52 Å². The molecule has 0 saturated heterocycles. The first-order valence-corrected chi connectivity index (χ1v) is 5.56. The zero-order chi connectivity index (χ0) is 12.8. The summed E-state index contributed by atoms with van der Waals surface area (Å²) < 4.78 is 19.3. The Labute approximate surface area is 98.1 Å². The largest absolute Gasteiger partial charge is 0.753 e. The number of benzene rings is 1. The van der Waals surface area contributed by atoms with Crippen molar-refractivity contribution in [2.75, 3.05) is 7.11 Å². The van der Waals surface area contributed by atoms with Crippen LogP contribution in [0.25, 0.3) is 6.08 Å². The average molecular weight is 257 g/mol. The summed E-state index contributed by atoms with van der Waals surface area (Å²) >= 11 is 0. The number of rotatable bonds is 4. The van der Waals surface area contributed by atoms with Crippen molar-refractivity contribution in [3.63, 3.8) is 0 Å². The van der Waals surface area contributed by atoms with Crippen LogP contribution in [0.2, 0.25) is 0 Å². The Morgan fingerprint density at radius 1 is 1.35 bits per heavy atom. The van der Waals surface area contributed by atoms with E-state index in [1.807, 2.05) is 0 Å². The van der Waals surface area contributed by atoms with E-state index in [9.17, 15) is 14.5 Å². The summed E-state index contributed by atoms with van der Waals surface area (Å²) in [6, 6.07) is 4.01. The lowest BCUT2D eigenvalue weighted by atomic mass is 10.2. The van der Waals surface area contributed by atoms with E-state index in [4.69, 9.17) is 5.11 Å². The molecule has 0 bridgehead atoms. The van der Waals surface area contributed by atoms with E-state index in [2.05, 4.69) is 9.05 Å². The number of hydrogen-bond donors (Lipinski definition) is 2. The summed E-state index contributed by atoms with van der Waals surface area (Å²) in [6.07, 6.45) is 2.36. The van der Waals surface area contributed by atoms with Crippen LogP contribution in [0.1, 0.15) is 5.56 Å². The lowest BCUT2D eigenvalue weighted by molar-refractivity contribution is -0.129. The highest BCUT2D eigenvalue weighted by Crippen LogP contribution is 2.26. The first kappa shape index (κ1) is 13.2. The molecule has 2 N–H and O–H groups in total. The van der Waals surface area contributed by atoms with Crippen molar-refractivity contribution in [2.24, 2.45) is 0 Å². The standard InChI is InChI=1S/C10H9O6P/c1-15-17(14)16-10(13)5-3-7-2-4-8(11)9(12)6-7/h2-6H,1H3,(H-,11,12,13)/p+1. The number of hydrogen-bond acceptors (Lipinski definition) is 6. The Kier molecular flexibility index (Phi) is 4.63. The van der Waals surface area contributed by atoms with E-state index in [-0.39, 0.29) is 11.5 Å². The molecule has 7 heteroatoms. The van der Waals surface area contributed by atoms with E-state index in [0.29, 0.717) is 5.56 Å². The molecular formula is C10H10O6P+. The smallest absolute Gasteiger partial charge is 0.504 e. The molecule has 0 aliphatic carbocycles. The minimum Gasteiger partial charge on any atom is -0.504 e. The molecule has 1 rings (SSSR count). The van der Waals surface area contributed by atoms with Crippen LogP contribution in [0.5, 0.6) is 11.5 Å². The van der Waals surface area contributed by atoms with Gasteiger partial charge in [-0.1, -0.05) is 6.07 Å². The number of carbonyl (C=O) groups excluding carboxylic acids is 1. The molecule has 1 aromatic carbocycles. The second-order valence-corrected chi connectivity index (χ2v) is 3.89. The van der Waals surface area contributed by atoms with Gasteiger partial charge >= 0.3 is 14.2 Å². The quantitative estimate of drug-likeness (QED) is 0.486. The molecule has 0 spiro atoms. The maximum Gasteiger partial charge on any atom is 0.753 e. The fourth-order valence-electron chi connectivity index (χ4n) is 0.950. The SMILES string of the molecule is CO[P+](=O)OC(=O)C=Cc1ccc(O)c(O)c1. The van der Waals surface area contributed by atoms with E-state index in [0.717, 1.165) is 13.2 Å². The summed E-state index contributed by atoms with van der Waals surface area (Å²) in [5, 5.41) is 18.2. The Morgan fingerprint density at radius 3 is 2.65 bits per heavy atom. The van der Waals surface area contributed by atoms with Crippen LogP contribution in [-0.4, -0.2) is 23.3 Å². The molecule has 0 fully saturated rings. The first-order chi connectivity index (χ1) is 8.02. The van der Waals surface area contributed by atoms with Gasteiger partial charge in [0.1, 0.15) is 0 Å². The normalized spacial score (nSPS) is 11.5. The molecular weight excluding hydrogens is 247 g/mol. The van der Waals surface area contributed by atoms with Crippen molar-refractivity contribution in [3.8, 4) is 11.5 Å². The minimum atomic E-state index is -2.45. The third-order valence-electron chi connectivity index (χ3n) is 1.72. The molecule has 6 nitrogen and oxygen atoms in total. The second-order valence-electron chi connectivity index (χ2n) is 2.90. The van der Waals surface area contributed by atoms with Gasteiger partial charge in [0, 0.05) is 10.6 Å². The van der Waals surface area contributed by atoms with Gasteiger partial charge in [-0.25, -0.2) is 4.79 Å². The zero-order valence-corrected chi connectivity index (χ0v) is 9.76. The van der Waals surface area contributed by atoms with Crippen LogP contribution in [0.4, 0.5) is 0 Å². The third-order valence-corrected chi connectivity index (χ3v) is 2.35. The van der Waals surface area contributed by atoms with Crippen molar-refractivity contribution in [3.05, 3.63) is 29.8 Å². The zero-order valence-electron chi connectivity index (χ0n) is 8.86. The predicted molar refractivity (Wildman–Crippen MR) is 59.5 cm³/mol. The topological polar surface area (TPSA) is 93.1 Å². The lowest BCUT2D eigenvalue weighted by Crippen LogP contribution is -1.92. The van der Waals surface area contributed by atoms with Gasteiger partial charge in [-0.05, 0) is 23.8 Å². The van der Waals surface area contributed by atoms with Gasteiger partial charge in [0.2, 0.25) is 0 Å². The molecule has 17 heavy (non-hydrogen) atoms. The van der Waals surface area contributed by atoms with Crippen molar-refractivity contribution in [1.82, 2.24) is 0 Å². The molecule has 0 aliphatic heterocycles. The molecule has 0 radical (unpaired) electrons. The summed E-state index contributed by atoms with van der Waals surface area (Å²) in [7, 11) is -1.30. The predicted octanol–water partition coefficient (Wildman–Crippen LogP) is 1.96. The highest BCUT2D eigenvalue weighted by atomic mass is 31.1. The van der Waals surface area contributed by atoms with Crippen LogP contribution in [0, 0.1) is 0 Å². The molecule has 0 aliphatic rings. The number of aromatic hydroxyl groups is 2. The van der Waals surface area contributed by atoms with Gasteiger partial charge in [-0.15, -0.1) is 4.52 Å². The average Bonchev–Trinajstić information content (AvgIpc) is 2.30. The third kappa shape index (κ3) is 4.22. The van der Waals surface area contributed by atoms with Crippen LogP contribution < -0.4 is 0 Å². The first-order valence-electron chi connectivity index (χ1n) is 4.46. The van der Waals surface area contributed by atoms with E-state index in [1.54, 1.807) is 0 Å². The molecule has 1 aromatic rings. The van der Waals surface area contributed by atoms with Crippen molar-refractivity contribution in [2.45, 2.75) is 0 Å². The van der Waals surface area contributed by atoms with Crippen LogP contribution >= 0.6 is 8.25 Å². The maximum atomic E-state index is 11.1. The van der Waals surface area contributed by atoms with Gasteiger partial charge in [0.05, 0.1) is 7.11 Å². The summed E-state index contributed by atoms with van der Waals surface area (Å²) in [6.45, 7) is 0. The molecule has 90 valence electrons. The Morgan fingerprint density at radius 2 is 2.06 bits per heavy atom. The fraction of sp³-hybridized carbons (Fsp3) is 0.100. The Bertz CT molecular complexity index is 468. The van der Waals surface area contributed by atoms with Gasteiger partial charge in [0.15, 0.2) is 11.5 Å². The molecule has 0 heterocycles. The highest BCUT2D eigenvalue weighted by Gasteiger charge is 2.21.